The molecule has 0 radical (unpaired) electrons. The minimum Gasteiger partial charge on any atom is -0.394 e. The molecule has 0 aromatic rings. The van der Waals surface area contributed by atoms with Crippen LogP contribution in [0.2, 0.25) is 0 Å². The molecule has 0 aliphatic carbocycles. The molecular weight excluding hydrogens is 718 g/mol. The highest BCUT2D eigenvalue weighted by Gasteiger charge is 2.49. The lowest BCUT2D eigenvalue weighted by molar-refractivity contribution is -0.185. The Labute approximate surface area is 282 Å². The number of rotatable bonds is 26. The van der Waals surface area contributed by atoms with Gasteiger partial charge in [0.2, 0.25) is 0 Å². The molecular formula is C25H49F2NO19P2. The zero-order chi connectivity index (χ0) is 36.7. The van der Waals surface area contributed by atoms with Gasteiger partial charge in [0.1, 0.15) is 61.0 Å². The van der Waals surface area contributed by atoms with Crippen LogP contribution in [0.3, 0.4) is 0 Å². The number of hydrogen-bond acceptors (Lipinski definition) is 20. The smallest absolute Gasteiger partial charge is 0.330 e. The molecule has 16 atom stereocenters. The van der Waals surface area contributed by atoms with Crippen LogP contribution in [0.15, 0.2) is 0 Å². The molecule has 2 aliphatic heterocycles. The van der Waals surface area contributed by atoms with E-state index in [4.69, 9.17) is 47.9 Å². The highest BCUT2D eigenvalue weighted by atomic mass is 31.2. The third kappa shape index (κ3) is 14.7. The Balaban J connectivity index is 1.72. The van der Waals surface area contributed by atoms with Gasteiger partial charge in [-0.15, -0.1) is 0 Å². The van der Waals surface area contributed by atoms with Crippen molar-refractivity contribution in [1.29, 1.82) is 0 Å². The lowest BCUT2D eigenvalue weighted by Gasteiger charge is -2.25. The number of nitrogens with two attached hydrogens (primary N) is 1. The van der Waals surface area contributed by atoms with Crippen molar-refractivity contribution in [1.82, 2.24) is 0 Å². The summed E-state index contributed by atoms with van der Waals surface area (Å²) in [5.74, 6) is 0. The van der Waals surface area contributed by atoms with Crippen molar-refractivity contribution in [2.75, 3.05) is 52.8 Å². The molecule has 2 saturated heterocycles. The summed E-state index contributed by atoms with van der Waals surface area (Å²) in [5, 5.41) is 88.9. The zero-order valence-corrected chi connectivity index (χ0v) is 28.1. The van der Waals surface area contributed by atoms with Crippen LogP contribution in [0.4, 0.5) is 8.78 Å². The molecule has 0 aromatic carbocycles. The van der Waals surface area contributed by atoms with Crippen LogP contribution in [0.25, 0.3) is 0 Å². The lowest BCUT2D eigenvalue weighted by Crippen LogP contribution is -2.43. The van der Waals surface area contributed by atoms with Crippen molar-refractivity contribution in [2.24, 2.45) is 5.73 Å². The molecule has 24 heteroatoms. The molecule has 0 bridgehead atoms. The summed E-state index contributed by atoms with van der Waals surface area (Å²) in [7, 11) is -5.36. The van der Waals surface area contributed by atoms with Gasteiger partial charge in [-0.1, -0.05) is 0 Å². The minimum absolute atomic E-state index is 0.181. The van der Waals surface area contributed by atoms with Crippen LogP contribution in [-0.2, 0) is 37.0 Å². The van der Waals surface area contributed by atoms with Gasteiger partial charge in [0, 0.05) is 0 Å². The first-order valence-corrected chi connectivity index (χ1v) is 17.6. The Hall–Kier alpha value is -0.0800. The first-order valence-electron chi connectivity index (χ1n) is 15.3. The molecule has 2 aliphatic rings. The van der Waals surface area contributed by atoms with Gasteiger partial charge >= 0.3 is 17.2 Å². The van der Waals surface area contributed by atoms with Gasteiger partial charge in [-0.3, -0.25) is 0 Å². The number of aliphatic hydroxyl groups is 9. The molecule has 13 N–H and O–H groups in total. The first-order chi connectivity index (χ1) is 23.2. The minimum atomic E-state index is -3.00. The lowest BCUT2D eigenvalue weighted by atomic mass is 10.1. The van der Waals surface area contributed by atoms with Crippen molar-refractivity contribution in [3.05, 3.63) is 0 Å². The normalized spacial score (nSPS) is 32.4. The summed E-state index contributed by atoms with van der Waals surface area (Å²) >= 11 is 0. The zero-order valence-electron chi connectivity index (χ0n) is 26.3. The third-order valence-electron chi connectivity index (χ3n) is 7.30. The molecule has 292 valence electrons. The van der Waals surface area contributed by atoms with E-state index in [0.29, 0.717) is 13.0 Å². The van der Waals surface area contributed by atoms with Crippen LogP contribution in [0, 0.1) is 0 Å². The molecule has 16 unspecified atom stereocenters. The number of aliphatic hydroxyl groups excluding tert-OH is 9. The second kappa shape index (κ2) is 23.6. The molecule has 0 spiro atoms. The Morgan fingerprint density at radius 3 is 1.65 bits per heavy atom. The molecule has 49 heavy (non-hydrogen) atoms. The fraction of sp³-hybridized carbons (Fsp3) is 1.00. The van der Waals surface area contributed by atoms with E-state index >= 15 is 4.39 Å². The van der Waals surface area contributed by atoms with Crippen molar-refractivity contribution < 1.29 is 102 Å². The van der Waals surface area contributed by atoms with Crippen molar-refractivity contribution >= 4 is 17.2 Å². The predicted octanol–water partition coefficient (Wildman–Crippen LogP) is -4.34. The van der Waals surface area contributed by atoms with Gasteiger partial charge in [0.25, 0.3) is 0 Å². The maximum absolute atomic E-state index is 15.1. The highest BCUT2D eigenvalue weighted by Crippen LogP contribution is 2.41. The second-order valence-electron chi connectivity index (χ2n) is 11.1. The van der Waals surface area contributed by atoms with Gasteiger partial charge in [-0.05, 0) is 25.8 Å². The molecule has 0 amide bonds. The van der Waals surface area contributed by atoms with E-state index in [1.807, 2.05) is 0 Å². The van der Waals surface area contributed by atoms with E-state index in [9.17, 15) is 55.0 Å². The maximum atomic E-state index is 15.1. The summed E-state index contributed by atoms with van der Waals surface area (Å²) in [5.41, 5.74) is 5.38. The predicted molar refractivity (Wildman–Crippen MR) is 159 cm³/mol. The summed E-state index contributed by atoms with van der Waals surface area (Å²) < 4.78 is 69.2. The van der Waals surface area contributed by atoms with Crippen molar-refractivity contribution in [3.8, 4) is 0 Å². The van der Waals surface area contributed by atoms with Gasteiger partial charge in [-0.25, -0.2) is 8.78 Å². The van der Waals surface area contributed by atoms with E-state index in [-0.39, 0.29) is 6.61 Å². The number of unbranched alkanes of at least 4 members (excludes halogenated alkanes) is 2. The number of ether oxygens (including phenoxy) is 4. The van der Waals surface area contributed by atoms with E-state index in [0.717, 1.165) is 12.8 Å². The summed E-state index contributed by atoms with van der Waals surface area (Å²) in [6, 6.07) is 0. The SMILES string of the molecule is NCCCCCOP(O)OCC(O)C(O)C(O)COC1OC(CO)C(OP(O)OCC(O)C(O)C(O)COC2OC(CO)C(O)C2F)C1F. The van der Waals surface area contributed by atoms with Gasteiger partial charge in [0.15, 0.2) is 24.9 Å². The average Bonchev–Trinajstić information content (AvgIpc) is 3.55. The number of alkyl halides is 2. The van der Waals surface area contributed by atoms with Crippen molar-refractivity contribution in [2.45, 2.75) is 105 Å². The Morgan fingerprint density at radius 1 is 0.653 bits per heavy atom. The second-order valence-corrected chi connectivity index (χ2v) is 13.0. The van der Waals surface area contributed by atoms with Crippen LogP contribution in [0.1, 0.15) is 19.3 Å². The van der Waals surface area contributed by atoms with Crippen LogP contribution < -0.4 is 5.73 Å². The molecule has 0 aromatic heterocycles. The van der Waals surface area contributed by atoms with Gasteiger partial charge in [-0.2, -0.15) is 0 Å². The van der Waals surface area contributed by atoms with Gasteiger partial charge in [0.05, 0.1) is 46.2 Å². The van der Waals surface area contributed by atoms with Crippen LogP contribution in [0.5, 0.6) is 0 Å². The molecule has 2 fully saturated rings. The quantitative estimate of drug-likeness (QED) is 0.0292. The van der Waals surface area contributed by atoms with Crippen LogP contribution in [-0.4, -0.2) is 195 Å². The fourth-order valence-corrected chi connectivity index (χ4v) is 5.82. The standard InChI is InChI=1S/C25H49F2NO19P2/c26-18-22(37)16(6-29)45-24(18)40-8-12(31)21(36)15(34)11-44-49(39)47-23-17(7-30)46-25(19(23)27)41-9-13(32)20(35)14(33)10-43-48(38)42-5-3-1-2-4-28/h12-25,29-39H,1-11,28H2. The van der Waals surface area contributed by atoms with Crippen LogP contribution >= 0.6 is 17.2 Å². The highest BCUT2D eigenvalue weighted by molar-refractivity contribution is 7.40. The van der Waals surface area contributed by atoms with E-state index in [2.05, 4.69) is 0 Å². The molecule has 0 saturated carbocycles. The maximum Gasteiger partial charge on any atom is 0.330 e. The summed E-state index contributed by atoms with van der Waals surface area (Å²) in [6.45, 7) is -3.90. The van der Waals surface area contributed by atoms with Gasteiger partial charge < -0.3 is 98.5 Å². The first kappa shape index (κ1) is 45.1. The average molecular weight is 768 g/mol. The number of halogens is 2. The monoisotopic (exact) mass is 767 g/mol. The Bertz CT molecular complexity index is 887. The fourth-order valence-electron chi connectivity index (χ4n) is 4.38. The largest absolute Gasteiger partial charge is 0.394 e. The summed E-state index contributed by atoms with van der Waals surface area (Å²) in [6.07, 6.45) is -22.7. The molecule has 20 nitrogen and oxygen atoms in total. The third-order valence-corrected chi connectivity index (χ3v) is 8.87. The molecule has 2 heterocycles. The Kier molecular flexibility index (Phi) is 21.7. The molecule has 2 rings (SSSR count). The number of hydrogen-bond donors (Lipinski definition) is 12. The van der Waals surface area contributed by atoms with E-state index in [1.165, 1.54) is 0 Å². The van der Waals surface area contributed by atoms with E-state index < -0.39 is 143 Å². The van der Waals surface area contributed by atoms with E-state index in [1.54, 1.807) is 0 Å². The summed E-state index contributed by atoms with van der Waals surface area (Å²) in [4.78, 5) is 19.8. The van der Waals surface area contributed by atoms with Crippen molar-refractivity contribution in [3.63, 3.8) is 0 Å². The topological polar surface area (TPSA) is 322 Å². The Morgan fingerprint density at radius 2 is 1.14 bits per heavy atom.